The van der Waals surface area contributed by atoms with E-state index in [2.05, 4.69) is 20.3 Å². The van der Waals surface area contributed by atoms with Crippen molar-refractivity contribution in [3.8, 4) is 22.2 Å². The summed E-state index contributed by atoms with van der Waals surface area (Å²) in [6.07, 6.45) is 0. The molecule has 3 heterocycles. The van der Waals surface area contributed by atoms with Crippen molar-refractivity contribution in [1.29, 1.82) is 0 Å². The summed E-state index contributed by atoms with van der Waals surface area (Å²) >= 11 is 8.78. The van der Waals surface area contributed by atoms with Crippen LogP contribution >= 0.6 is 34.7 Å². The van der Waals surface area contributed by atoms with Crippen molar-refractivity contribution < 1.29 is 8.94 Å². The Morgan fingerprint density at radius 3 is 2.75 bits per heavy atom. The minimum atomic E-state index is 0.446. The lowest BCUT2D eigenvalue weighted by molar-refractivity contribution is 0.425. The number of thioether (sulfide) groups is 1. The highest BCUT2D eigenvalue weighted by Gasteiger charge is 2.13. The molecule has 0 aliphatic heterocycles. The Bertz CT molecular complexity index is 935. The molecule has 0 N–H and O–H groups in total. The first kappa shape index (κ1) is 15.4. The number of halogens is 1. The molecule has 0 unspecified atom stereocenters. The lowest BCUT2D eigenvalue weighted by atomic mass is 10.2. The molecule has 4 aromatic rings. The molecule has 0 aliphatic rings. The largest absolute Gasteiger partial charge is 0.411 e. The van der Waals surface area contributed by atoms with Gasteiger partial charge >= 0.3 is 0 Å². The van der Waals surface area contributed by atoms with E-state index in [1.165, 1.54) is 11.8 Å². The average molecular weight is 377 g/mol. The van der Waals surface area contributed by atoms with Gasteiger partial charge in [0.2, 0.25) is 5.89 Å². The average Bonchev–Trinajstić information content (AvgIpc) is 3.34. The zero-order valence-electron chi connectivity index (χ0n) is 12.0. The third-order valence-corrected chi connectivity index (χ3v) is 4.95. The van der Waals surface area contributed by atoms with Crippen molar-refractivity contribution >= 4 is 34.7 Å². The van der Waals surface area contributed by atoms with Gasteiger partial charge in [-0.2, -0.15) is 4.98 Å². The Morgan fingerprint density at radius 2 is 1.96 bits per heavy atom. The summed E-state index contributed by atoms with van der Waals surface area (Å²) in [5.41, 5.74) is 0.818. The minimum absolute atomic E-state index is 0.446. The van der Waals surface area contributed by atoms with Crippen LogP contribution in [0, 0.1) is 0 Å². The maximum Gasteiger partial charge on any atom is 0.277 e. The third-order valence-electron chi connectivity index (χ3n) is 3.02. The fraction of sp³-hybridized carbons (Fsp3) is 0.0667. The second-order valence-electron chi connectivity index (χ2n) is 4.66. The topological polar surface area (TPSA) is 77.8 Å². The second-order valence-corrected chi connectivity index (χ2v) is 6.97. The molecule has 0 radical (unpaired) electrons. The summed E-state index contributed by atoms with van der Waals surface area (Å²) in [5, 5.41) is 15.1. The predicted octanol–water partition coefficient (Wildman–Crippen LogP) is 4.79. The molecule has 0 saturated carbocycles. The molecule has 4 rings (SSSR count). The second kappa shape index (κ2) is 6.76. The first-order chi connectivity index (χ1) is 11.8. The van der Waals surface area contributed by atoms with E-state index in [9.17, 15) is 0 Å². The van der Waals surface area contributed by atoms with Crippen LogP contribution in [-0.4, -0.2) is 20.3 Å². The van der Waals surface area contributed by atoms with E-state index < -0.39 is 0 Å². The van der Waals surface area contributed by atoms with Crippen molar-refractivity contribution in [1.82, 2.24) is 20.3 Å². The van der Waals surface area contributed by atoms with Crippen LogP contribution in [-0.2, 0) is 5.75 Å². The summed E-state index contributed by atoms with van der Waals surface area (Å²) < 4.78 is 10.9. The SMILES string of the molecule is Clc1ccc(-c2nnc(SCc3noc(-c4cccs4)n3)o2)cc1. The zero-order valence-corrected chi connectivity index (χ0v) is 14.4. The predicted molar refractivity (Wildman–Crippen MR) is 91.9 cm³/mol. The maximum absolute atomic E-state index is 5.87. The number of hydrogen-bond donors (Lipinski definition) is 0. The van der Waals surface area contributed by atoms with Crippen LogP contribution in [0.1, 0.15) is 5.82 Å². The first-order valence-corrected chi connectivity index (χ1v) is 9.11. The van der Waals surface area contributed by atoms with E-state index in [1.54, 1.807) is 23.5 Å². The summed E-state index contributed by atoms with van der Waals surface area (Å²) in [4.78, 5) is 5.30. The highest BCUT2D eigenvalue weighted by atomic mass is 35.5. The summed E-state index contributed by atoms with van der Waals surface area (Å²) in [6.45, 7) is 0. The van der Waals surface area contributed by atoms with Gasteiger partial charge in [-0.15, -0.1) is 21.5 Å². The number of aromatic nitrogens is 4. The number of benzene rings is 1. The maximum atomic E-state index is 5.87. The van der Waals surface area contributed by atoms with Crippen LogP contribution in [0.3, 0.4) is 0 Å². The van der Waals surface area contributed by atoms with Crippen molar-refractivity contribution in [2.24, 2.45) is 0 Å². The van der Waals surface area contributed by atoms with Crippen LogP contribution in [0.2, 0.25) is 5.02 Å². The van der Waals surface area contributed by atoms with Crippen LogP contribution in [0.4, 0.5) is 0 Å². The standard InChI is InChI=1S/C15H9ClN4O2S2/c16-10-5-3-9(4-6-10)13-18-19-15(21-13)24-8-12-17-14(22-20-12)11-2-1-7-23-11/h1-7H,8H2. The molecular weight excluding hydrogens is 368 g/mol. The van der Waals surface area contributed by atoms with Crippen LogP contribution in [0.5, 0.6) is 0 Å². The van der Waals surface area contributed by atoms with Crippen LogP contribution in [0.25, 0.3) is 22.2 Å². The van der Waals surface area contributed by atoms with Gasteiger partial charge in [0.05, 0.1) is 10.6 Å². The van der Waals surface area contributed by atoms with Gasteiger partial charge in [0, 0.05) is 10.6 Å². The van der Waals surface area contributed by atoms with E-state index >= 15 is 0 Å². The molecule has 0 bridgehead atoms. The summed E-state index contributed by atoms with van der Waals surface area (Å²) in [6, 6.07) is 11.1. The van der Waals surface area contributed by atoms with Gasteiger partial charge in [-0.3, -0.25) is 0 Å². The third kappa shape index (κ3) is 3.35. The Hall–Kier alpha value is -2.16. The van der Waals surface area contributed by atoms with E-state index in [1.807, 2.05) is 29.6 Å². The molecule has 9 heteroatoms. The Morgan fingerprint density at radius 1 is 1.08 bits per heavy atom. The van der Waals surface area contributed by atoms with E-state index in [0.717, 1.165) is 10.4 Å². The molecule has 24 heavy (non-hydrogen) atoms. The smallest absolute Gasteiger partial charge is 0.277 e. The zero-order chi connectivity index (χ0) is 16.4. The summed E-state index contributed by atoms with van der Waals surface area (Å²) in [5.74, 6) is 2.03. The fourth-order valence-electron chi connectivity index (χ4n) is 1.92. The van der Waals surface area contributed by atoms with Crippen molar-refractivity contribution in [3.05, 3.63) is 52.6 Å². The monoisotopic (exact) mass is 376 g/mol. The molecular formula is C15H9ClN4O2S2. The van der Waals surface area contributed by atoms with Crippen molar-refractivity contribution in [3.63, 3.8) is 0 Å². The minimum Gasteiger partial charge on any atom is -0.411 e. The number of thiophene rings is 1. The Labute approximate surface area is 149 Å². The molecule has 0 saturated heterocycles. The molecule has 1 aromatic carbocycles. The van der Waals surface area contributed by atoms with Crippen molar-refractivity contribution in [2.45, 2.75) is 11.0 Å². The number of hydrogen-bond acceptors (Lipinski definition) is 8. The fourth-order valence-corrected chi connectivity index (χ4v) is 3.29. The molecule has 6 nitrogen and oxygen atoms in total. The lowest BCUT2D eigenvalue weighted by Gasteiger charge is -1.94. The number of rotatable bonds is 5. The molecule has 0 amide bonds. The van der Waals surface area contributed by atoms with Gasteiger partial charge in [0.25, 0.3) is 11.1 Å². The molecule has 0 atom stereocenters. The molecule has 3 aromatic heterocycles. The Kier molecular flexibility index (Phi) is 4.33. The highest BCUT2D eigenvalue weighted by Crippen LogP contribution is 2.27. The number of nitrogens with zero attached hydrogens (tertiary/aromatic N) is 4. The van der Waals surface area contributed by atoms with Gasteiger partial charge in [-0.25, -0.2) is 0 Å². The van der Waals surface area contributed by atoms with Gasteiger partial charge in [0.1, 0.15) is 0 Å². The van der Waals surface area contributed by atoms with Gasteiger partial charge in [-0.1, -0.05) is 34.6 Å². The highest BCUT2D eigenvalue weighted by molar-refractivity contribution is 7.98. The van der Waals surface area contributed by atoms with E-state index in [-0.39, 0.29) is 0 Å². The molecule has 0 aliphatic carbocycles. The van der Waals surface area contributed by atoms with E-state index in [0.29, 0.717) is 33.6 Å². The van der Waals surface area contributed by atoms with Crippen molar-refractivity contribution in [2.75, 3.05) is 0 Å². The molecule has 120 valence electrons. The van der Waals surface area contributed by atoms with Gasteiger partial charge in [-0.05, 0) is 35.7 Å². The van der Waals surface area contributed by atoms with E-state index in [4.69, 9.17) is 20.5 Å². The summed E-state index contributed by atoms with van der Waals surface area (Å²) in [7, 11) is 0. The Balaban J connectivity index is 1.42. The quantitative estimate of drug-likeness (QED) is 0.463. The van der Waals surface area contributed by atoms with Crippen LogP contribution < -0.4 is 0 Å². The molecule has 0 spiro atoms. The normalized spacial score (nSPS) is 11.0. The van der Waals surface area contributed by atoms with Gasteiger partial charge < -0.3 is 8.94 Å². The first-order valence-electron chi connectivity index (χ1n) is 6.86. The van der Waals surface area contributed by atoms with Gasteiger partial charge in [0.15, 0.2) is 5.82 Å². The van der Waals surface area contributed by atoms with Crippen LogP contribution in [0.15, 0.2) is 55.9 Å². The molecule has 0 fully saturated rings. The lowest BCUT2D eigenvalue weighted by Crippen LogP contribution is -1.83.